The summed E-state index contributed by atoms with van der Waals surface area (Å²) >= 11 is 1.23. The van der Waals surface area contributed by atoms with Gasteiger partial charge in [0.25, 0.3) is 11.8 Å². The van der Waals surface area contributed by atoms with Gasteiger partial charge >= 0.3 is 24.1 Å². The number of hydrogen-bond acceptors (Lipinski definition) is 9. The van der Waals surface area contributed by atoms with Crippen LogP contribution in [0.4, 0.5) is 18.9 Å². The fourth-order valence-corrected chi connectivity index (χ4v) is 5.86. The van der Waals surface area contributed by atoms with Gasteiger partial charge in [-0.05, 0) is 83.3 Å². The van der Waals surface area contributed by atoms with Crippen molar-refractivity contribution in [2.45, 2.75) is 31.9 Å². The van der Waals surface area contributed by atoms with Gasteiger partial charge in [-0.3, -0.25) is 24.0 Å². The first-order chi connectivity index (χ1) is 24.2. The van der Waals surface area contributed by atoms with E-state index in [4.69, 9.17) is 14.2 Å². The molecule has 0 aliphatic heterocycles. The van der Waals surface area contributed by atoms with Crippen LogP contribution in [0.2, 0.25) is 0 Å². The van der Waals surface area contributed by atoms with Crippen LogP contribution in [-0.4, -0.2) is 68.5 Å². The second-order valence-electron chi connectivity index (χ2n) is 11.4. The van der Waals surface area contributed by atoms with Crippen molar-refractivity contribution in [3.8, 4) is 11.1 Å². The summed E-state index contributed by atoms with van der Waals surface area (Å²) < 4.78 is 55.3. The van der Waals surface area contributed by atoms with E-state index in [1.807, 2.05) is 0 Å². The number of carbonyl (C=O) groups excluding carboxylic acids is 5. The molecule has 14 heteroatoms. The Kier molecular flexibility index (Phi) is 12.4. The Morgan fingerprint density at radius 3 is 2.00 bits per heavy atom. The number of alkyl halides is 3. The van der Waals surface area contributed by atoms with Gasteiger partial charge in [0, 0.05) is 19.7 Å². The molecule has 0 spiro atoms. The summed E-state index contributed by atoms with van der Waals surface area (Å²) in [6.07, 6.45) is -4.89. The molecule has 0 aliphatic rings. The molecular weight excluding hydrogens is 689 g/mol. The molecule has 0 aliphatic carbocycles. The van der Waals surface area contributed by atoms with Gasteiger partial charge in [0.15, 0.2) is 0 Å². The van der Waals surface area contributed by atoms with E-state index in [9.17, 15) is 37.1 Å². The van der Waals surface area contributed by atoms with Crippen LogP contribution in [0, 0.1) is 0 Å². The molecule has 10 nitrogen and oxygen atoms in total. The van der Waals surface area contributed by atoms with E-state index in [0.717, 1.165) is 12.1 Å². The van der Waals surface area contributed by atoms with Gasteiger partial charge in [-0.2, -0.15) is 24.5 Å². The molecular formula is C37H35F3N2O8S. The Balaban J connectivity index is 1.59. The first-order valence-electron chi connectivity index (χ1n) is 15.7. The number of amides is 2. The third kappa shape index (κ3) is 8.81. The quantitative estimate of drug-likeness (QED) is 0.0936. The summed E-state index contributed by atoms with van der Waals surface area (Å²) in [5.74, 6) is -3.83. The standard InChI is InChI=1S/C37H35F3N2O8S/c1-5-48-34(46)36(35(47)49-6-2,26-17-18-51-21-26)22-50-31(43)20-23-11-16-30(29(19-23)33(45)42(3)4)41-32(44)28-10-8-7-9-27(28)24-12-14-25(15-13-24)37(38,39)40/h7-19,21H,5-6,20,22H2,1-4H3,(H,41,44). The van der Waals surface area contributed by atoms with Crippen LogP contribution < -0.4 is 5.32 Å². The van der Waals surface area contributed by atoms with Crippen molar-refractivity contribution in [2.24, 2.45) is 0 Å². The van der Waals surface area contributed by atoms with E-state index < -0.39 is 53.5 Å². The average molecular weight is 725 g/mol. The number of nitrogens with zero attached hydrogens (tertiary/aromatic N) is 1. The highest BCUT2D eigenvalue weighted by Gasteiger charge is 2.52. The maximum Gasteiger partial charge on any atom is 0.416 e. The second-order valence-corrected chi connectivity index (χ2v) is 12.1. The van der Waals surface area contributed by atoms with Crippen LogP contribution in [0.25, 0.3) is 11.1 Å². The van der Waals surface area contributed by atoms with E-state index in [-0.39, 0.29) is 42.0 Å². The SMILES string of the molecule is CCOC(=O)C(COC(=O)Cc1ccc(NC(=O)c2ccccc2-c2ccc(C(F)(F)F)cc2)c(C(=O)N(C)C)c1)(C(=O)OCC)c1ccsc1. The highest BCUT2D eigenvalue weighted by Crippen LogP contribution is 2.33. The normalized spacial score (nSPS) is 11.4. The molecule has 4 aromatic rings. The van der Waals surface area contributed by atoms with Gasteiger partial charge in [0.1, 0.15) is 6.61 Å². The minimum absolute atomic E-state index is 0.0374. The van der Waals surface area contributed by atoms with Crippen LogP contribution in [0.5, 0.6) is 0 Å². The minimum atomic E-state index is -4.52. The van der Waals surface area contributed by atoms with E-state index in [1.54, 1.807) is 48.9 Å². The first-order valence-corrected chi connectivity index (χ1v) is 16.6. The van der Waals surface area contributed by atoms with E-state index in [0.29, 0.717) is 16.7 Å². The van der Waals surface area contributed by atoms with Crippen LogP contribution in [-0.2, 0) is 46.6 Å². The van der Waals surface area contributed by atoms with Crippen molar-refractivity contribution >= 4 is 46.7 Å². The number of nitrogens with one attached hydrogen (secondary N) is 1. The lowest BCUT2D eigenvalue weighted by atomic mass is 9.82. The predicted octanol–water partition coefficient (Wildman–Crippen LogP) is 6.54. The van der Waals surface area contributed by atoms with E-state index in [2.05, 4.69) is 5.32 Å². The predicted molar refractivity (Wildman–Crippen MR) is 183 cm³/mol. The highest BCUT2D eigenvalue weighted by atomic mass is 32.1. The summed E-state index contributed by atoms with van der Waals surface area (Å²) in [6.45, 7) is 2.37. The molecule has 0 saturated heterocycles. The maximum absolute atomic E-state index is 13.6. The van der Waals surface area contributed by atoms with Gasteiger partial charge in [-0.25, -0.2) is 0 Å². The van der Waals surface area contributed by atoms with E-state index >= 15 is 0 Å². The summed E-state index contributed by atoms with van der Waals surface area (Å²) in [4.78, 5) is 67.6. The minimum Gasteiger partial charge on any atom is -0.465 e. The summed E-state index contributed by atoms with van der Waals surface area (Å²) in [5.41, 5.74) is -1.28. The van der Waals surface area contributed by atoms with Crippen LogP contribution >= 0.6 is 11.3 Å². The number of carbonyl (C=O) groups is 5. The number of hydrogen-bond donors (Lipinski definition) is 1. The lowest BCUT2D eigenvalue weighted by Gasteiger charge is -2.28. The van der Waals surface area contributed by atoms with Gasteiger partial charge < -0.3 is 24.4 Å². The number of thiophene rings is 1. The zero-order chi connectivity index (χ0) is 37.3. The zero-order valence-electron chi connectivity index (χ0n) is 28.2. The Hall–Kier alpha value is -5.50. The molecule has 2 amide bonds. The Morgan fingerprint density at radius 1 is 0.784 bits per heavy atom. The van der Waals surface area contributed by atoms with Crippen LogP contribution in [0.15, 0.2) is 83.6 Å². The fraction of sp³-hybridized carbons (Fsp3) is 0.270. The number of anilines is 1. The number of benzene rings is 3. The van der Waals surface area contributed by atoms with Gasteiger partial charge in [-0.15, -0.1) is 0 Å². The van der Waals surface area contributed by atoms with E-state index in [1.165, 1.54) is 66.7 Å². The van der Waals surface area contributed by atoms with Crippen molar-refractivity contribution < 1.29 is 51.4 Å². The molecule has 1 N–H and O–H groups in total. The number of rotatable bonds is 13. The van der Waals surface area contributed by atoms with Crippen molar-refractivity contribution in [3.05, 3.63) is 111 Å². The molecule has 268 valence electrons. The zero-order valence-corrected chi connectivity index (χ0v) is 29.0. The van der Waals surface area contributed by atoms with Crippen molar-refractivity contribution in [2.75, 3.05) is 39.2 Å². The summed E-state index contributed by atoms with van der Waals surface area (Å²) in [6, 6.07) is 16.6. The van der Waals surface area contributed by atoms with Crippen LogP contribution in [0.1, 0.15) is 51.3 Å². The third-order valence-corrected chi connectivity index (χ3v) is 8.41. The highest BCUT2D eigenvalue weighted by molar-refractivity contribution is 7.08. The van der Waals surface area contributed by atoms with Gasteiger partial charge in [0.2, 0.25) is 5.41 Å². The Bertz CT molecular complexity index is 1870. The number of esters is 3. The summed E-state index contributed by atoms with van der Waals surface area (Å²) in [5, 5.41) is 5.93. The Morgan fingerprint density at radius 2 is 1.43 bits per heavy atom. The first kappa shape index (κ1) is 38.3. The van der Waals surface area contributed by atoms with Crippen molar-refractivity contribution in [1.82, 2.24) is 4.90 Å². The fourth-order valence-electron chi connectivity index (χ4n) is 5.13. The lowest BCUT2D eigenvalue weighted by Crippen LogP contribution is -2.50. The second kappa shape index (κ2) is 16.5. The van der Waals surface area contributed by atoms with Gasteiger partial charge in [-0.1, -0.05) is 36.4 Å². The number of ether oxygens (including phenoxy) is 3. The molecule has 0 unspecified atom stereocenters. The molecule has 0 bridgehead atoms. The maximum atomic E-state index is 13.6. The molecule has 0 atom stereocenters. The molecule has 0 radical (unpaired) electrons. The molecule has 1 aromatic heterocycles. The largest absolute Gasteiger partial charge is 0.465 e. The average Bonchev–Trinajstić information content (AvgIpc) is 3.64. The molecule has 51 heavy (non-hydrogen) atoms. The topological polar surface area (TPSA) is 128 Å². The molecule has 0 saturated carbocycles. The molecule has 1 heterocycles. The number of halogens is 3. The van der Waals surface area contributed by atoms with Gasteiger partial charge in [0.05, 0.1) is 36.4 Å². The van der Waals surface area contributed by atoms with Crippen molar-refractivity contribution in [3.63, 3.8) is 0 Å². The monoisotopic (exact) mass is 724 g/mol. The smallest absolute Gasteiger partial charge is 0.416 e. The van der Waals surface area contributed by atoms with Crippen molar-refractivity contribution in [1.29, 1.82) is 0 Å². The van der Waals surface area contributed by atoms with Crippen LogP contribution in [0.3, 0.4) is 0 Å². The molecule has 3 aromatic carbocycles. The molecule has 0 fully saturated rings. The third-order valence-electron chi connectivity index (χ3n) is 7.72. The lowest BCUT2D eigenvalue weighted by molar-refractivity contribution is -0.170. The Labute approximate surface area is 296 Å². The summed E-state index contributed by atoms with van der Waals surface area (Å²) in [7, 11) is 3.01. The molecule has 4 rings (SSSR count).